The van der Waals surface area contributed by atoms with Crippen LogP contribution in [0.4, 0.5) is 8.78 Å². The average molecular weight is 290 g/mol. The van der Waals surface area contributed by atoms with Crippen LogP contribution in [0, 0.1) is 18.6 Å². The summed E-state index contributed by atoms with van der Waals surface area (Å²) in [5.74, 6) is -2.01. The average Bonchev–Trinajstić information content (AvgIpc) is 2.43. The molecule has 0 atom stereocenters. The second-order valence-corrected chi connectivity index (χ2v) is 4.34. The molecule has 0 fully saturated rings. The second kappa shape index (κ2) is 6.17. The highest BCUT2D eigenvalue weighted by molar-refractivity contribution is 5.85. The Labute approximate surface area is 120 Å². The first kappa shape index (κ1) is 14.7. The second-order valence-electron chi connectivity index (χ2n) is 4.34. The van der Waals surface area contributed by atoms with Gasteiger partial charge in [-0.05, 0) is 42.8 Å². The van der Waals surface area contributed by atoms with Crippen LogP contribution in [0.3, 0.4) is 0 Å². The molecule has 2 aromatic carbocycles. The SMILES string of the molecule is Cc1cc(Oc2c(F)cccc2/C=C/C(=O)O)ccc1F. The number of hydrogen-bond acceptors (Lipinski definition) is 2. The zero-order chi connectivity index (χ0) is 15.4. The van der Waals surface area contributed by atoms with Crippen LogP contribution in [-0.2, 0) is 4.79 Å². The van der Waals surface area contributed by atoms with Crippen molar-refractivity contribution in [1.82, 2.24) is 0 Å². The summed E-state index contributed by atoms with van der Waals surface area (Å²) in [4.78, 5) is 10.5. The molecule has 2 aromatic rings. The lowest BCUT2D eigenvalue weighted by Gasteiger charge is -2.10. The van der Waals surface area contributed by atoms with Crippen LogP contribution in [0.25, 0.3) is 6.08 Å². The number of aliphatic carboxylic acids is 1. The Balaban J connectivity index is 2.38. The first-order chi connectivity index (χ1) is 9.97. The predicted molar refractivity (Wildman–Crippen MR) is 74.3 cm³/mol. The van der Waals surface area contributed by atoms with E-state index in [1.807, 2.05) is 0 Å². The number of carboxylic acid groups (broad SMARTS) is 1. The highest BCUT2D eigenvalue weighted by atomic mass is 19.1. The van der Waals surface area contributed by atoms with Gasteiger partial charge in [0.15, 0.2) is 11.6 Å². The molecule has 0 aliphatic carbocycles. The topological polar surface area (TPSA) is 46.5 Å². The Bertz CT molecular complexity index is 709. The quantitative estimate of drug-likeness (QED) is 0.860. The molecule has 0 spiro atoms. The number of halogens is 2. The van der Waals surface area contributed by atoms with Gasteiger partial charge in [0.25, 0.3) is 0 Å². The van der Waals surface area contributed by atoms with Crippen LogP contribution in [0.5, 0.6) is 11.5 Å². The van der Waals surface area contributed by atoms with Gasteiger partial charge < -0.3 is 9.84 Å². The summed E-state index contributed by atoms with van der Waals surface area (Å²) in [7, 11) is 0. The van der Waals surface area contributed by atoms with Crippen molar-refractivity contribution >= 4 is 12.0 Å². The first-order valence-electron chi connectivity index (χ1n) is 6.11. The predicted octanol–water partition coefficient (Wildman–Crippen LogP) is 4.16. The van der Waals surface area contributed by atoms with Gasteiger partial charge in [-0.25, -0.2) is 13.6 Å². The maximum atomic E-state index is 13.9. The molecule has 108 valence electrons. The Hall–Kier alpha value is -2.69. The molecule has 5 heteroatoms. The van der Waals surface area contributed by atoms with Crippen molar-refractivity contribution in [3.05, 3.63) is 65.2 Å². The Morgan fingerprint density at radius 2 is 1.95 bits per heavy atom. The number of hydrogen-bond donors (Lipinski definition) is 1. The molecule has 21 heavy (non-hydrogen) atoms. The summed E-state index contributed by atoms with van der Waals surface area (Å²) < 4.78 is 32.5. The number of para-hydroxylation sites is 1. The van der Waals surface area contributed by atoms with Crippen LogP contribution in [-0.4, -0.2) is 11.1 Å². The van der Waals surface area contributed by atoms with Crippen LogP contribution in [0.2, 0.25) is 0 Å². The Morgan fingerprint density at radius 3 is 2.62 bits per heavy atom. The standard InChI is InChI=1S/C16H12F2O3/c1-10-9-12(6-7-13(10)17)21-16-11(5-8-15(19)20)3-2-4-14(16)18/h2-9H,1H3,(H,19,20)/b8-5+. The summed E-state index contributed by atoms with van der Waals surface area (Å²) in [6, 6.07) is 8.20. The maximum absolute atomic E-state index is 13.9. The molecule has 0 bridgehead atoms. The number of ether oxygens (including phenoxy) is 1. The summed E-state index contributed by atoms with van der Waals surface area (Å²) in [5.41, 5.74) is 0.644. The third kappa shape index (κ3) is 3.66. The van der Waals surface area contributed by atoms with Gasteiger partial charge in [0.05, 0.1) is 0 Å². The molecule has 0 unspecified atom stereocenters. The van der Waals surface area contributed by atoms with Crippen LogP contribution in [0.1, 0.15) is 11.1 Å². The monoisotopic (exact) mass is 290 g/mol. The molecule has 0 saturated carbocycles. The van der Waals surface area contributed by atoms with Gasteiger partial charge >= 0.3 is 5.97 Å². The summed E-state index contributed by atoms with van der Waals surface area (Å²) >= 11 is 0. The van der Waals surface area contributed by atoms with Gasteiger partial charge in [0.1, 0.15) is 11.6 Å². The van der Waals surface area contributed by atoms with Crippen molar-refractivity contribution in [2.24, 2.45) is 0 Å². The highest BCUT2D eigenvalue weighted by Crippen LogP contribution is 2.30. The number of benzene rings is 2. The zero-order valence-electron chi connectivity index (χ0n) is 11.1. The van der Waals surface area contributed by atoms with E-state index in [9.17, 15) is 13.6 Å². The fourth-order valence-electron chi connectivity index (χ4n) is 1.72. The Kier molecular flexibility index (Phi) is 4.33. The molecule has 3 nitrogen and oxygen atoms in total. The molecule has 0 heterocycles. The minimum Gasteiger partial charge on any atom is -0.478 e. The van der Waals surface area contributed by atoms with E-state index in [0.29, 0.717) is 5.56 Å². The smallest absolute Gasteiger partial charge is 0.328 e. The van der Waals surface area contributed by atoms with E-state index in [-0.39, 0.29) is 22.9 Å². The van der Waals surface area contributed by atoms with Crippen LogP contribution < -0.4 is 4.74 Å². The van der Waals surface area contributed by atoms with Gasteiger partial charge in [0, 0.05) is 11.6 Å². The lowest BCUT2D eigenvalue weighted by molar-refractivity contribution is -0.131. The third-order valence-electron chi connectivity index (χ3n) is 2.75. The molecule has 0 radical (unpaired) electrons. The van der Waals surface area contributed by atoms with Crippen molar-refractivity contribution in [2.75, 3.05) is 0 Å². The summed E-state index contributed by atoms with van der Waals surface area (Å²) in [6.07, 6.45) is 2.12. The zero-order valence-corrected chi connectivity index (χ0v) is 11.1. The van der Waals surface area contributed by atoms with Crippen LogP contribution >= 0.6 is 0 Å². The minimum absolute atomic E-state index is 0.110. The normalized spacial score (nSPS) is 10.8. The van der Waals surface area contributed by atoms with E-state index in [2.05, 4.69) is 0 Å². The van der Waals surface area contributed by atoms with Crippen molar-refractivity contribution in [3.63, 3.8) is 0 Å². The van der Waals surface area contributed by atoms with E-state index >= 15 is 0 Å². The van der Waals surface area contributed by atoms with Crippen molar-refractivity contribution in [2.45, 2.75) is 6.92 Å². The van der Waals surface area contributed by atoms with Crippen molar-refractivity contribution < 1.29 is 23.4 Å². The van der Waals surface area contributed by atoms with E-state index in [1.54, 1.807) is 6.92 Å². The van der Waals surface area contributed by atoms with Crippen molar-refractivity contribution in [3.8, 4) is 11.5 Å². The molecular formula is C16H12F2O3. The first-order valence-corrected chi connectivity index (χ1v) is 6.11. The maximum Gasteiger partial charge on any atom is 0.328 e. The molecule has 0 aliphatic heterocycles. The molecule has 0 saturated heterocycles. The number of aryl methyl sites for hydroxylation is 1. The van der Waals surface area contributed by atoms with Crippen molar-refractivity contribution in [1.29, 1.82) is 0 Å². The summed E-state index contributed by atoms with van der Waals surface area (Å²) in [6.45, 7) is 1.56. The molecule has 0 aliphatic rings. The minimum atomic E-state index is -1.15. The number of rotatable bonds is 4. The Morgan fingerprint density at radius 1 is 1.19 bits per heavy atom. The molecule has 2 rings (SSSR count). The van der Waals surface area contributed by atoms with Gasteiger partial charge in [0.2, 0.25) is 0 Å². The highest BCUT2D eigenvalue weighted by Gasteiger charge is 2.10. The van der Waals surface area contributed by atoms with E-state index in [4.69, 9.17) is 9.84 Å². The largest absolute Gasteiger partial charge is 0.478 e. The van der Waals surface area contributed by atoms with E-state index < -0.39 is 11.8 Å². The van der Waals surface area contributed by atoms with Gasteiger partial charge in [-0.1, -0.05) is 12.1 Å². The number of carboxylic acids is 1. The third-order valence-corrected chi connectivity index (χ3v) is 2.75. The molecule has 1 N–H and O–H groups in total. The molecule has 0 amide bonds. The van der Waals surface area contributed by atoms with Crippen LogP contribution in [0.15, 0.2) is 42.5 Å². The summed E-state index contributed by atoms with van der Waals surface area (Å²) in [5, 5.41) is 8.63. The molecular weight excluding hydrogens is 278 g/mol. The van der Waals surface area contributed by atoms with E-state index in [1.165, 1.54) is 42.5 Å². The molecule has 0 aromatic heterocycles. The number of carbonyl (C=O) groups is 1. The van der Waals surface area contributed by atoms with Gasteiger partial charge in [-0.15, -0.1) is 0 Å². The van der Waals surface area contributed by atoms with E-state index in [0.717, 1.165) is 6.08 Å². The lowest BCUT2D eigenvalue weighted by atomic mass is 10.1. The lowest BCUT2D eigenvalue weighted by Crippen LogP contribution is -1.94. The fourth-order valence-corrected chi connectivity index (χ4v) is 1.72. The fraction of sp³-hybridized carbons (Fsp3) is 0.0625. The van der Waals surface area contributed by atoms with Gasteiger partial charge in [-0.3, -0.25) is 0 Å². The van der Waals surface area contributed by atoms with Gasteiger partial charge in [-0.2, -0.15) is 0 Å².